The summed E-state index contributed by atoms with van der Waals surface area (Å²) in [6, 6.07) is 6.06. The first-order valence-electron chi connectivity index (χ1n) is 8.09. The van der Waals surface area contributed by atoms with Gasteiger partial charge < -0.3 is 19.3 Å². The second-order valence-corrected chi connectivity index (χ2v) is 5.52. The molecule has 13 heteroatoms. The van der Waals surface area contributed by atoms with E-state index >= 15 is 0 Å². The maximum absolute atomic E-state index is 11.9. The van der Waals surface area contributed by atoms with Crippen molar-refractivity contribution in [3.63, 3.8) is 0 Å². The van der Waals surface area contributed by atoms with Gasteiger partial charge in [0.05, 0.1) is 42.4 Å². The average Bonchev–Trinajstić information content (AvgIpc) is 2.72. The van der Waals surface area contributed by atoms with Crippen LogP contribution in [0.4, 0.5) is 11.4 Å². The van der Waals surface area contributed by atoms with Crippen LogP contribution in [0, 0.1) is 20.2 Å². The highest BCUT2D eigenvalue weighted by atomic mass is 16.6. The normalized spacial score (nSPS) is 10.5. The zero-order chi connectivity index (χ0) is 22.3. The molecule has 2 N–H and O–H groups in total. The second kappa shape index (κ2) is 9.68. The molecule has 0 saturated heterocycles. The van der Waals surface area contributed by atoms with E-state index in [2.05, 4.69) is 10.5 Å². The van der Waals surface area contributed by atoms with Gasteiger partial charge in [0.1, 0.15) is 11.5 Å². The lowest BCUT2D eigenvalue weighted by atomic mass is 10.2. The zero-order valence-electron chi connectivity index (χ0n) is 15.7. The van der Waals surface area contributed by atoms with Crippen molar-refractivity contribution < 1.29 is 34.0 Å². The summed E-state index contributed by atoms with van der Waals surface area (Å²) in [5, 5.41) is 35.6. The third kappa shape index (κ3) is 5.31. The van der Waals surface area contributed by atoms with Crippen molar-refractivity contribution in [1.82, 2.24) is 5.43 Å². The Morgan fingerprint density at radius 3 is 2.47 bits per heavy atom. The fraction of sp³-hybridized carbons (Fsp3) is 0.176. The van der Waals surface area contributed by atoms with E-state index < -0.39 is 39.5 Å². The number of methoxy groups -OCH3 is 2. The molecule has 0 aliphatic rings. The van der Waals surface area contributed by atoms with E-state index in [9.17, 15) is 30.1 Å². The molecule has 0 aliphatic carbocycles. The van der Waals surface area contributed by atoms with Gasteiger partial charge in [-0.15, -0.1) is 0 Å². The molecule has 0 bridgehead atoms. The number of hydrogen-bond donors (Lipinski definition) is 2. The number of aromatic hydroxyl groups is 1. The standard InChI is InChI=1S/C17H16N4O9/c1-28-12-4-3-10(14(22)7-12)8-18-19-16(23)9-30-17-13(21(26)27)5-11(20(24)25)6-15(17)29-2/h3-8,22H,9H2,1-2H3,(H,19,23). The highest BCUT2D eigenvalue weighted by Gasteiger charge is 2.27. The topological polar surface area (TPSA) is 176 Å². The summed E-state index contributed by atoms with van der Waals surface area (Å²) in [5.74, 6) is -1.21. The molecular formula is C17H16N4O9. The Morgan fingerprint density at radius 2 is 1.90 bits per heavy atom. The van der Waals surface area contributed by atoms with E-state index in [-0.39, 0.29) is 11.5 Å². The van der Waals surface area contributed by atoms with Crippen LogP contribution in [0.15, 0.2) is 35.4 Å². The van der Waals surface area contributed by atoms with Crippen LogP contribution >= 0.6 is 0 Å². The number of carbonyl (C=O) groups excluding carboxylic acids is 1. The van der Waals surface area contributed by atoms with E-state index in [0.29, 0.717) is 17.4 Å². The highest BCUT2D eigenvalue weighted by Crippen LogP contribution is 2.40. The number of carbonyl (C=O) groups is 1. The Hall–Kier alpha value is -4.42. The van der Waals surface area contributed by atoms with Crippen LogP contribution in [0.2, 0.25) is 0 Å². The van der Waals surface area contributed by atoms with Crippen LogP contribution in [-0.4, -0.2) is 47.9 Å². The lowest BCUT2D eigenvalue weighted by molar-refractivity contribution is -0.394. The predicted molar refractivity (Wildman–Crippen MR) is 102 cm³/mol. The molecule has 0 aromatic heterocycles. The molecule has 0 atom stereocenters. The summed E-state index contributed by atoms with van der Waals surface area (Å²) in [7, 11) is 2.58. The Morgan fingerprint density at radius 1 is 1.17 bits per heavy atom. The summed E-state index contributed by atoms with van der Waals surface area (Å²) in [6.07, 6.45) is 1.17. The van der Waals surface area contributed by atoms with E-state index in [1.165, 1.54) is 25.5 Å². The maximum atomic E-state index is 11.9. The number of nitrogens with zero attached hydrogens (tertiary/aromatic N) is 3. The number of nitro groups is 2. The largest absolute Gasteiger partial charge is 0.507 e. The van der Waals surface area contributed by atoms with Crippen LogP contribution in [-0.2, 0) is 4.79 Å². The molecule has 2 rings (SSSR count). The number of non-ortho nitro benzene ring substituents is 1. The van der Waals surface area contributed by atoms with Gasteiger partial charge in [-0.1, -0.05) is 0 Å². The van der Waals surface area contributed by atoms with E-state index in [4.69, 9.17) is 14.2 Å². The zero-order valence-corrected chi connectivity index (χ0v) is 15.7. The van der Waals surface area contributed by atoms with Crippen LogP contribution in [0.5, 0.6) is 23.0 Å². The molecule has 0 unspecified atom stereocenters. The van der Waals surface area contributed by atoms with E-state index in [1.54, 1.807) is 6.07 Å². The number of nitrogens with one attached hydrogen (secondary N) is 1. The summed E-state index contributed by atoms with van der Waals surface area (Å²) >= 11 is 0. The van der Waals surface area contributed by atoms with Crippen molar-refractivity contribution in [2.24, 2.45) is 5.10 Å². The molecule has 13 nitrogen and oxygen atoms in total. The molecule has 1 amide bonds. The van der Waals surface area contributed by atoms with Crippen molar-refractivity contribution in [2.45, 2.75) is 0 Å². The number of rotatable bonds is 9. The Bertz CT molecular complexity index is 1010. The van der Waals surface area contributed by atoms with Gasteiger partial charge in [-0.3, -0.25) is 25.0 Å². The van der Waals surface area contributed by atoms with Crippen LogP contribution in [0.1, 0.15) is 5.56 Å². The quantitative estimate of drug-likeness (QED) is 0.347. The summed E-state index contributed by atoms with van der Waals surface area (Å²) < 4.78 is 15.0. The van der Waals surface area contributed by atoms with Gasteiger partial charge in [0.2, 0.25) is 5.75 Å². The minimum absolute atomic E-state index is 0.130. The maximum Gasteiger partial charge on any atom is 0.321 e. The van der Waals surface area contributed by atoms with Crippen LogP contribution in [0.3, 0.4) is 0 Å². The van der Waals surface area contributed by atoms with Crippen molar-refractivity contribution in [3.05, 3.63) is 56.1 Å². The van der Waals surface area contributed by atoms with Gasteiger partial charge in [-0.05, 0) is 12.1 Å². The first-order chi connectivity index (χ1) is 14.3. The van der Waals surface area contributed by atoms with Crippen molar-refractivity contribution >= 4 is 23.5 Å². The minimum Gasteiger partial charge on any atom is -0.507 e. The molecular weight excluding hydrogens is 404 g/mol. The molecule has 2 aromatic carbocycles. The molecule has 30 heavy (non-hydrogen) atoms. The van der Waals surface area contributed by atoms with Gasteiger partial charge in [0.15, 0.2) is 12.4 Å². The van der Waals surface area contributed by atoms with Gasteiger partial charge in [0, 0.05) is 11.6 Å². The lowest BCUT2D eigenvalue weighted by Crippen LogP contribution is -2.25. The average molecular weight is 420 g/mol. The fourth-order valence-corrected chi connectivity index (χ4v) is 2.21. The smallest absolute Gasteiger partial charge is 0.321 e. The van der Waals surface area contributed by atoms with E-state index in [0.717, 1.165) is 13.2 Å². The van der Waals surface area contributed by atoms with E-state index in [1.807, 2.05) is 0 Å². The minimum atomic E-state index is -0.895. The molecule has 158 valence electrons. The summed E-state index contributed by atoms with van der Waals surface area (Å²) in [4.78, 5) is 32.3. The molecule has 0 saturated carbocycles. The monoisotopic (exact) mass is 420 g/mol. The van der Waals surface area contributed by atoms with Crippen LogP contribution < -0.4 is 19.6 Å². The van der Waals surface area contributed by atoms with Crippen molar-refractivity contribution in [2.75, 3.05) is 20.8 Å². The number of nitro benzene ring substituents is 2. The summed E-state index contributed by atoms with van der Waals surface area (Å²) in [5.41, 5.74) is 1.11. The van der Waals surface area contributed by atoms with Gasteiger partial charge >= 0.3 is 5.69 Å². The van der Waals surface area contributed by atoms with Crippen molar-refractivity contribution in [1.29, 1.82) is 0 Å². The number of benzene rings is 2. The van der Waals surface area contributed by atoms with Gasteiger partial charge in [-0.25, -0.2) is 5.43 Å². The molecule has 0 radical (unpaired) electrons. The number of amides is 1. The Balaban J connectivity index is 2.08. The SMILES string of the molecule is COc1ccc(C=NNC(=O)COc2c(OC)cc([N+](=O)[O-])cc2[N+](=O)[O-])c(O)c1. The van der Waals surface area contributed by atoms with Gasteiger partial charge in [0.25, 0.3) is 11.6 Å². The first-order valence-corrected chi connectivity index (χ1v) is 8.09. The molecule has 0 spiro atoms. The molecule has 2 aromatic rings. The fourth-order valence-electron chi connectivity index (χ4n) is 2.21. The number of phenols is 1. The third-order valence-corrected chi connectivity index (χ3v) is 3.63. The second-order valence-electron chi connectivity index (χ2n) is 5.52. The predicted octanol–water partition coefficient (Wildman–Crippen LogP) is 1.75. The number of ether oxygens (including phenoxy) is 3. The molecule has 0 aliphatic heterocycles. The Kier molecular flexibility index (Phi) is 7.06. The van der Waals surface area contributed by atoms with Crippen molar-refractivity contribution in [3.8, 4) is 23.0 Å². The first kappa shape index (κ1) is 21.9. The number of phenolic OH excluding ortho intramolecular Hbond substituents is 1. The van der Waals surface area contributed by atoms with Gasteiger partial charge in [-0.2, -0.15) is 5.10 Å². The number of hydrogen-bond acceptors (Lipinski definition) is 10. The number of hydrazone groups is 1. The molecule has 0 heterocycles. The third-order valence-electron chi connectivity index (χ3n) is 3.63. The highest BCUT2D eigenvalue weighted by molar-refractivity contribution is 5.85. The molecule has 0 fully saturated rings. The Labute approximate surface area is 168 Å². The summed E-state index contributed by atoms with van der Waals surface area (Å²) in [6.45, 7) is -0.694. The van der Waals surface area contributed by atoms with Crippen LogP contribution in [0.25, 0.3) is 0 Å². The lowest BCUT2D eigenvalue weighted by Gasteiger charge is -2.10.